The first-order valence-electron chi connectivity index (χ1n) is 8.81. The largest absolute Gasteiger partial charge is 0.489 e. The molecule has 3 heteroatoms. The van der Waals surface area contributed by atoms with E-state index in [1.165, 1.54) is 18.4 Å². The number of rotatable bonds is 6. The van der Waals surface area contributed by atoms with Crippen molar-refractivity contribution in [3.05, 3.63) is 29.3 Å². The number of methoxy groups -OCH3 is 1. The normalized spacial score (nSPS) is 26.5. The van der Waals surface area contributed by atoms with Crippen LogP contribution < -0.4 is 4.74 Å². The fourth-order valence-corrected chi connectivity index (χ4v) is 4.03. The summed E-state index contributed by atoms with van der Waals surface area (Å²) in [7, 11) is 1.59. The number of fused-ring (bicyclic) bond motifs is 1. The molecule has 3 aliphatic rings. The summed E-state index contributed by atoms with van der Waals surface area (Å²) in [5.74, 6) is 2.08. The second-order valence-electron chi connectivity index (χ2n) is 8.16. The summed E-state index contributed by atoms with van der Waals surface area (Å²) in [5, 5.41) is 0. The van der Waals surface area contributed by atoms with E-state index in [-0.39, 0.29) is 29.3 Å². The Balaban J connectivity index is 1.64. The molecule has 2 fully saturated rings. The highest BCUT2D eigenvalue weighted by Gasteiger charge is 2.52. The highest BCUT2D eigenvalue weighted by molar-refractivity contribution is 5.94. The zero-order valence-electron chi connectivity index (χ0n) is 14.4. The van der Waals surface area contributed by atoms with E-state index in [2.05, 4.69) is 32.0 Å². The van der Waals surface area contributed by atoms with Gasteiger partial charge in [0.2, 0.25) is 0 Å². The van der Waals surface area contributed by atoms with Gasteiger partial charge in [0.05, 0.1) is 5.41 Å². The minimum atomic E-state index is -0.296. The molecule has 1 unspecified atom stereocenters. The average molecular weight is 314 g/mol. The molecule has 2 saturated carbocycles. The molecular weight excluding hydrogens is 288 g/mol. The van der Waals surface area contributed by atoms with Gasteiger partial charge < -0.3 is 9.47 Å². The minimum Gasteiger partial charge on any atom is -0.489 e. The SMILES string of the molecule is COCC(=O)C1(c2ccc3c(c2)C(C)(C)C(CC2CC2)O3)CC1. The topological polar surface area (TPSA) is 35.5 Å². The van der Waals surface area contributed by atoms with Crippen LogP contribution in [0.25, 0.3) is 0 Å². The van der Waals surface area contributed by atoms with Gasteiger partial charge in [0.1, 0.15) is 18.5 Å². The van der Waals surface area contributed by atoms with Crippen molar-refractivity contribution in [3.8, 4) is 5.75 Å². The molecule has 0 aromatic heterocycles. The molecule has 0 N–H and O–H groups in total. The lowest BCUT2D eigenvalue weighted by Crippen LogP contribution is -2.32. The zero-order valence-corrected chi connectivity index (χ0v) is 14.4. The molecule has 4 rings (SSSR count). The van der Waals surface area contributed by atoms with E-state index in [4.69, 9.17) is 9.47 Å². The fraction of sp³-hybridized carbons (Fsp3) is 0.650. The molecule has 1 heterocycles. The number of Topliss-reactive ketones (excluding diaryl/α,β-unsaturated/α-hetero) is 1. The van der Waals surface area contributed by atoms with Gasteiger partial charge >= 0.3 is 0 Å². The molecule has 3 nitrogen and oxygen atoms in total. The van der Waals surface area contributed by atoms with Gasteiger partial charge in [0.25, 0.3) is 0 Å². The van der Waals surface area contributed by atoms with Crippen molar-refractivity contribution in [2.24, 2.45) is 5.92 Å². The van der Waals surface area contributed by atoms with Crippen LogP contribution in [-0.2, 0) is 20.4 Å². The molecule has 0 bridgehead atoms. The van der Waals surface area contributed by atoms with Crippen LogP contribution in [0.5, 0.6) is 5.75 Å². The lowest BCUT2D eigenvalue weighted by atomic mass is 9.77. The predicted octanol–water partition coefficient (Wildman–Crippen LogP) is 3.77. The minimum absolute atomic E-state index is 0.0221. The molecule has 2 aliphatic carbocycles. The van der Waals surface area contributed by atoms with Crippen molar-refractivity contribution >= 4 is 5.78 Å². The maximum absolute atomic E-state index is 12.5. The molecule has 0 spiro atoms. The first kappa shape index (κ1) is 15.2. The van der Waals surface area contributed by atoms with Crippen LogP contribution in [0.15, 0.2) is 18.2 Å². The van der Waals surface area contributed by atoms with E-state index in [0.29, 0.717) is 0 Å². The third-order valence-corrected chi connectivity index (χ3v) is 6.10. The molecule has 0 saturated heterocycles. The molecule has 1 aromatic rings. The third kappa shape index (κ3) is 2.40. The van der Waals surface area contributed by atoms with E-state index in [1.807, 2.05) is 0 Å². The Hall–Kier alpha value is -1.35. The summed E-state index contributed by atoms with van der Waals surface area (Å²) in [6, 6.07) is 6.41. The van der Waals surface area contributed by atoms with Crippen LogP contribution in [0.4, 0.5) is 0 Å². The molecule has 1 atom stereocenters. The monoisotopic (exact) mass is 314 g/mol. The van der Waals surface area contributed by atoms with E-state index in [0.717, 1.165) is 36.5 Å². The maximum atomic E-state index is 12.5. The Morgan fingerprint density at radius 1 is 1.30 bits per heavy atom. The van der Waals surface area contributed by atoms with Crippen LogP contribution in [0.1, 0.15) is 57.1 Å². The Bertz CT molecular complexity index is 638. The first-order chi connectivity index (χ1) is 11.0. The Labute approximate surface area is 138 Å². The maximum Gasteiger partial charge on any atom is 0.168 e. The summed E-state index contributed by atoms with van der Waals surface area (Å²) in [6.45, 7) is 4.78. The smallest absolute Gasteiger partial charge is 0.168 e. The average Bonchev–Trinajstić information content (AvgIpc) is 3.41. The van der Waals surface area contributed by atoms with Gasteiger partial charge in [-0.3, -0.25) is 4.79 Å². The van der Waals surface area contributed by atoms with Crippen LogP contribution in [0, 0.1) is 5.92 Å². The van der Waals surface area contributed by atoms with Gasteiger partial charge in [-0.2, -0.15) is 0 Å². The summed E-state index contributed by atoms with van der Waals surface area (Å²) in [4.78, 5) is 12.5. The summed E-state index contributed by atoms with van der Waals surface area (Å²) in [6.07, 6.45) is 6.02. The van der Waals surface area contributed by atoms with Crippen molar-refractivity contribution in [1.29, 1.82) is 0 Å². The lowest BCUT2D eigenvalue weighted by molar-refractivity contribution is -0.125. The third-order valence-electron chi connectivity index (χ3n) is 6.10. The fourth-order valence-electron chi connectivity index (χ4n) is 4.03. The van der Waals surface area contributed by atoms with Crippen molar-refractivity contribution in [2.45, 2.75) is 62.9 Å². The van der Waals surface area contributed by atoms with Gasteiger partial charge in [-0.05, 0) is 36.8 Å². The summed E-state index contributed by atoms with van der Waals surface area (Å²) < 4.78 is 11.3. The van der Waals surface area contributed by atoms with Crippen LogP contribution in [-0.4, -0.2) is 25.6 Å². The van der Waals surface area contributed by atoms with Gasteiger partial charge in [-0.15, -0.1) is 0 Å². The molecule has 1 aromatic carbocycles. The van der Waals surface area contributed by atoms with Crippen LogP contribution in [0.2, 0.25) is 0 Å². The number of carbonyl (C=O) groups is 1. The summed E-state index contributed by atoms with van der Waals surface area (Å²) in [5.41, 5.74) is 2.16. The van der Waals surface area contributed by atoms with Gasteiger partial charge in [0, 0.05) is 18.1 Å². The molecule has 0 radical (unpaired) electrons. The van der Waals surface area contributed by atoms with E-state index >= 15 is 0 Å². The molecule has 124 valence electrons. The zero-order chi connectivity index (χ0) is 16.2. The first-order valence-corrected chi connectivity index (χ1v) is 8.81. The second-order valence-corrected chi connectivity index (χ2v) is 8.16. The molecular formula is C20H26O3. The van der Waals surface area contributed by atoms with Gasteiger partial charge in [-0.1, -0.05) is 38.8 Å². The second kappa shape index (κ2) is 5.07. The molecule has 1 aliphatic heterocycles. The molecule has 0 amide bonds. The number of ketones is 1. The van der Waals surface area contributed by atoms with Gasteiger partial charge in [0.15, 0.2) is 5.78 Å². The van der Waals surface area contributed by atoms with Crippen molar-refractivity contribution in [1.82, 2.24) is 0 Å². The van der Waals surface area contributed by atoms with E-state index in [9.17, 15) is 4.79 Å². The number of ether oxygens (including phenoxy) is 2. The lowest BCUT2D eigenvalue weighted by Gasteiger charge is -2.26. The highest BCUT2D eigenvalue weighted by atomic mass is 16.5. The van der Waals surface area contributed by atoms with E-state index in [1.54, 1.807) is 7.11 Å². The number of hydrogen-bond donors (Lipinski definition) is 0. The van der Waals surface area contributed by atoms with Gasteiger partial charge in [-0.25, -0.2) is 0 Å². The number of benzene rings is 1. The van der Waals surface area contributed by atoms with Crippen LogP contribution >= 0.6 is 0 Å². The van der Waals surface area contributed by atoms with E-state index < -0.39 is 0 Å². The van der Waals surface area contributed by atoms with Crippen LogP contribution in [0.3, 0.4) is 0 Å². The Kier molecular flexibility index (Phi) is 3.35. The standard InChI is InChI=1S/C20H26O3/c1-19(2)15-11-14(20(8-9-20)17(21)12-22-3)6-7-16(15)23-18(19)10-13-4-5-13/h6-7,11,13,18H,4-5,8-10,12H2,1-3H3. The number of hydrogen-bond acceptors (Lipinski definition) is 3. The summed E-state index contributed by atoms with van der Waals surface area (Å²) >= 11 is 0. The quantitative estimate of drug-likeness (QED) is 0.802. The highest BCUT2D eigenvalue weighted by Crippen LogP contribution is 2.53. The Morgan fingerprint density at radius 3 is 2.65 bits per heavy atom. The predicted molar refractivity (Wildman–Crippen MR) is 89.0 cm³/mol. The van der Waals surface area contributed by atoms with Crippen molar-refractivity contribution < 1.29 is 14.3 Å². The van der Waals surface area contributed by atoms with Crippen molar-refractivity contribution in [2.75, 3.05) is 13.7 Å². The van der Waals surface area contributed by atoms with Crippen molar-refractivity contribution in [3.63, 3.8) is 0 Å². The molecule has 23 heavy (non-hydrogen) atoms. The Morgan fingerprint density at radius 2 is 2.04 bits per heavy atom. The number of carbonyl (C=O) groups excluding carboxylic acids is 1.